The van der Waals surface area contributed by atoms with Crippen LogP contribution in [0, 0.1) is 35.0 Å². The lowest BCUT2D eigenvalue weighted by atomic mass is 9.76. The number of hydrogen-bond donors (Lipinski definition) is 1. The minimum Gasteiger partial charge on any atom is -0.460 e. The molecule has 2 saturated carbocycles. The van der Waals surface area contributed by atoms with E-state index in [9.17, 15) is 28.8 Å². The van der Waals surface area contributed by atoms with Gasteiger partial charge in [-0.3, -0.25) is 28.8 Å². The van der Waals surface area contributed by atoms with Crippen LogP contribution in [0.5, 0.6) is 0 Å². The van der Waals surface area contributed by atoms with Crippen molar-refractivity contribution in [2.45, 2.75) is 111 Å². The Morgan fingerprint density at radius 1 is 1.02 bits per heavy atom. The number of likely N-dealkylation sites (tertiary alicyclic amines) is 1. The standard InChI is InChI=1S/C32H48N2O7/c1-18(2)13-22(35)12-11-20(16-25(37)41-31(3,4)5)30(40)34-17-23-26(32(23,6)7)27(34)24(36)15-21(28(38)29(33)39)14-19-9-8-10-19/h13,19-21,23,26-27H,8-12,14-17H2,1-7H3,(H2,33,39)/t20-,21?,23?,26+,27?/m1/s1. The first kappa shape index (κ1) is 32.7. The molecular weight excluding hydrogens is 524 g/mol. The monoisotopic (exact) mass is 572 g/mol. The van der Waals surface area contributed by atoms with E-state index in [0.29, 0.717) is 18.9 Å². The van der Waals surface area contributed by atoms with Crippen molar-refractivity contribution in [3.8, 4) is 0 Å². The minimum absolute atomic E-state index is 0.0681. The van der Waals surface area contributed by atoms with Crippen molar-refractivity contribution in [2.24, 2.45) is 40.7 Å². The van der Waals surface area contributed by atoms with Crippen LogP contribution < -0.4 is 5.73 Å². The van der Waals surface area contributed by atoms with Crippen LogP contribution in [-0.2, 0) is 33.5 Å². The van der Waals surface area contributed by atoms with Gasteiger partial charge in [0.05, 0.1) is 12.5 Å². The summed E-state index contributed by atoms with van der Waals surface area (Å²) in [7, 11) is 0. The van der Waals surface area contributed by atoms with Gasteiger partial charge in [0.1, 0.15) is 5.60 Å². The molecule has 0 aromatic heterocycles. The van der Waals surface area contributed by atoms with Crippen molar-refractivity contribution >= 4 is 35.1 Å². The quantitative estimate of drug-likeness (QED) is 0.189. The predicted octanol–water partition coefficient (Wildman–Crippen LogP) is 3.95. The fraction of sp³-hybridized carbons (Fsp3) is 0.750. The van der Waals surface area contributed by atoms with Gasteiger partial charge in [-0.1, -0.05) is 38.7 Å². The van der Waals surface area contributed by atoms with E-state index >= 15 is 0 Å². The van der Waals surface area contributed by atoms with Gasteiger partial charge in [0, 0.05) is 31.2 Å². The second-order valence-corrected chi connectivity index (χ2v) is 14.2. The van der Waals surface area contributed by atoms with Crippen LogP contribution in [0.2, 0.25) is 0 Å². The molecule has 9 nitrogen and oxygen atoms in total. The first-order valence-electron chi connectivity index (χ1n) is 15.0. The Morgan fingerprint density at radius 3 is 2.17 bits per heavy atom. The summed E-state index contributed by atoms with van der Waals surface area (Å²) >= 11 is 0. The molecule has 1 aliphatic heterocycles. The number of carbonyl (C=O) groups is 6. The summed E-state index contributed by atoms with van der Waals surface area (Å²) in [6.07, 6.45) is 4.86. The third kappa shape index (κ3) is 8.13. The van der Waals surface area contributed by atoms with Crippen molar-refractivity contribution in [1.29, 1.82) is 0 Å². The fourth-order valence-corrected chi connectivity index (χ4v) is 6.70. The molecule has 0 bridgehead atoms. The lowest BCUT2D eigenvalue weighted by Crippen LogP contribution is -2.49. The Balaban J connectivity index is 1.83. The van der Waals surface area contributed by atoms with Crippen LogP contribution >= 0.6 is 0 Å². The van der Waals surface area contributed by atoms with E-state index < -0.39 is 41.1 Å². The first-order chi connectivity index (χ1) is 18.9. The van der Waals surface area contributed by atoms with Crippen LogP contribution in [0.15, 0.2) is 11.6 Å². The number of Topliss-reactive ketones (excluding diaryl/α,β-unsaturated/α-hetero) is 2. The maximum absolute atomic E-state index is 14.0. The summed E-state index contributed by atoms with van der Waals surface area (Å²) in [6.45, 7) is 13.4. The van der Waals surface area contributed by atoms with E-state index in [-0.39, 0.29) is 60.4 Å². The van der Waals surface area contributed by atoms with Crippen LogP contribution in [0.4, 0.5) is 0 Å². The topological polar surface area (TPSA) is 141 Å². The number of fused-ring (bicyclic) bond motifs is 1. The molecule has 3 unspecified atom stereocenters. The van der Waals surface area contributed by atoms with Gasteiger partial charge in [0.25, 0.3) is 5.91 Å². The van der Waals surface area contributed by atoms with Gasteiger partial charge in [-0.15, -0.1) is 0 Å². The molecule has 228 valence electrons. The zero-order valence-corrected chi connectivity index (χ0v) is 25.8. The molecule has 2 aliphatic carbocycles. The average molecular weight is 573 g/mol. The molecule has 0 radical (unpaired) electrons. The lowest BCUT2D eigenvalue weighted by molar-refractivity contribution is -0.159. The molecular formula is C32H48N2O7. The van der Waals surface area contributed by atoms with E-state index in [1.165, 1.54) is 6.08 Å². The maximum atomic E-state index is 14.0. The Labute approximate surface area is 244 Å². The minimum atomic E-state index is -1.04. The van der Waals surface area contributed by atoms with Crippen LogP contribution in [0.3, 0.4) is 0 Å². The summed E-state index contributed by atoms with van der Waals surface area (Å²) in [5.41, 5.74) is 5.30. The molecule has 0 aromatic carbocycles. The largest absolute Gasteiger partial charge is 0.460 e. The van der Waals surface area contributed by atoms with Gasteiger partial charge < -0.3 is 15.4 Å². The Morgan fingerprint density at radius 2 is 1.66 bits per heavy atom. The van der Waals surface area contributed by atoms with Gasteiger partial charge in [0.2, 0.25) is 11.7 Å². The highest BCUT2D eigenvalue weighted by Crippen LogP contribution is 2.65. The third-order valence-corrected chi connectivity index (χ3v) is 9.10. The first-order valence-corrected chi connectivity index (χ1v) is 15.0. The van der Waals surface area contributed by atoms with Crippen molar-refractivity contribution in [1.82, 2.24) is 4.90 Å². The lowest BCUT2D eigenvalue weighted by Gasteiger charge is -2.34. The number of piperidine rings is 1. The number of allylic oxidation sites excluding steroid dienone is 2. The number of hydrogen-bond acceptors (Lipinski definition) is 7. The number of ketones is 3. The number of nitrogens with zero attached hydrogens (tertiary/aromatic N) is 1. The molecule has 0 spiro atoms. The molecule has 2 amide bonds. The van der Waals surface area contributed by atoms with Gasteiger partial charge >= 0.3 is 5.97 Å². The maximum Gasteiger partial charge on any atom is 0.307 e. The SMILES string of the molecule is CC(C)=CC(=O)CC[C@H](CC(=O)OC(C)(C)C)C(=O)N1CC2[C@@H](C1C(=O)CC(CC1CCC1)C(=O)C(N)=O)C2(C)C. The van der Waals surface area contributed by atoms with E-state index in [1.807, 2.05) is 13.8 Å². The summed E-state index contributed by atoms with van der Waals surface area (Å²) in [6, 6.07) is -0.748. The molecule has 3 rings (SSSR count). The number of ether oxygens (including phenoxy) is 1. The second-order valence-electron chi connectivity index (χ2n) is 14.2. The Kier molecular flexibility index (Phi) is 10.0. The number of amides is 2. The van der Waals surface area contributed by atoms with E-state index in [4.69, 9.17) is 10.5 Å². The van der Waals surface area contributed by atoms with Gasteiger partial charge in [-0.2, -0.15) is 0 Å². The van der Waals surface area contributed by atoms with Gasteiger partial charge in [-0.25, -0.2) is 0 Å². The second kappa shape index (κ2) is 12.6. The molecule has 3 aliphatic rings. The third-order valence-electron chi connectivity index (χ3n) is 9.10. The molecule has 9 heteroatoms. The zero-order valence-electron chi connectivity index (χ0n) is 25.8. The highest BCUT2D eigenvalue weighted by molar-refractivity contribution is 6.36. The number of rotatable bonds is 14. The highest BCUT2D eigenvalue weighted by Gasteiger charge is 2.69. The van der Waals surface area contributed by atoms with Gasteiger partial charge in [0.15, 0.2) is 11.6 Å². The molecule has 0 aromatic rings. The van der Waals surface area contributed by atoms with Crippen molar-refractivity contribution in [3.05, 3.63) is 11.6 Å². The molecule has 5 atom stereocenters. The fourth-order valence-electron chi connectivity index (χ4n) is 6.70. The molecule has 2 N–H and O–H groups in total. The highest BCUT2D eigenvalue weighted by atomic mass is 16.6. The van der Waals surface area contributed by atoms with Crippen LogP contribution in [0.1, 0.15) is 99.8 Å². The molecule has 3 fully saturated rings. The Bertz CT molecular complexity index is 1110. The molecule has 1 heterocycles. The summed E-state index contributed by atoms with van der Waals surface area (Å²) in [4.78, 5) is 79.2. The van der Waals surface area contributed by atoms with E-state index in [2.05, 4.69) is 13.8 Å². The van der Waals surface area contributed by atoms with Gasteiger partial charge in [-0.05, 0) is 76.7 Å². The normalized spacial score (nSPS) is 24.4. The number of carbonyl (C=O) groups excluding carboxylic acids is 6. The van der Waals surface area contributed by atoms with Crippen molar-refractivity contribution in [3.63, 3.8) is 0 Å². The predicted molar refractivity (Wildman–Crippen MR) is 153 cm³/mol. The van der Waals surface area contributed by atoms with Crippen molar-refractivity contribution < 1.29 is 33.5 Å². The van der Waals surface area contributed by atoms with Crippen LogP contribution in [-0.4, -0.2) is 58.2 Å². The summed E-state index contributed by atoms with van der Waals surface area (Å²) in [5.74, 6) is -4.30. The molecule has 1 saturated heterocycles. The number of primary amides is 1. The van der Waals surface area contributed by atoms with E-state index in [1.54, 1.807) is 25.7 Å². The number of esters is 1. The summed E-state index contributed by atoms with van der Waals surface area (Å²) < 4.78 is 5.49. The molecule has 41 heavy (non-hydrogen) atoms. The zero-order chi connectivity index (χ0) is 30.9. The van der Waals surface area contributed by atoms with E-state index in [0.717, 1.165) is 24.8 Å². The summed E-state index contributed by atoms with van der Waals surface area (Å²) in [5, 5.41) is 0. The Hall–Kier alpha value is -2.84. The number of nitrogens with two attached hydrogens (primary N) is 1. The average Bonchev–Trinajstić information content (AvgIpc) is 3.13. The van der Waals surface area contributed by atoms with Crippen LogP contribution in [0.25, 0.3) is 0 Å². The van der Waals surface area contributed by atoms with Crippen molar-refractivity contribution in [2.75, 3.05) is 6.54 Å². The smallest absolute Gasteiger partial charge is 0.307 e.